The molecule has 0 atom stereocenters. The molecular weight excluding hydrogens is 366 g/mol. The predicted octanol–water partition coefficient (Wildman–Crippen LogP) is 4.05. The summed E-state index contributed by atoms with van der Waals surface area (Å²) in [6.45, 7) is 0. The van der Waals surface area contributed by atoms with Crippen molar-refractivity contribution in [1.82, 2.24) is 13.9 Å². The lowest BCUT2D eigenvalue weighted by molar-refractivity contribution is 0.589. The largest absolute Gasteiger partial charge is 0.268 e. The zero-order valence-corrected chi connectivity index (χ0v) is 14.5. The van der Waals surface area contributed by atoms with E-state index in [1.807, 2.05) is 6.07 Å². The molecule has 8 heteroatoms. The van der Waals surface area contributed by atoms with Crippen molar-refractivity contribution in [3.05, 3.63) is 65.5 Å². The van der Waals surface area contributed by atoms with E-state index in [2.05, 4.69) is 9.97 Å². The third kappa shape index (κ3) is 2.50. The van der Waals surface area contributed by atoms with Crippen LogP contribution in [0.25, 0.3) is 21.5 Å². The SMILES string of the molecule is O=S(=O)(c1cccc(-c2cncs2)c1)n1ccc2nc(Cl)ccc21. The Bertz CT molecular complexity index is 1140. The van der Waals surface area contributed by atoms with E-state index in [9.17, 15) is 8.42 Å². The van der Waals surface area contributed by atoms with Gasteiger partial charge in [-0.15, -0.1) is 11.3 Å². The number of nitrogens with zero attached hydrogens (tertiary/aromatic N) is 3. The predicted molar refractivity (Wildman–Crippen MR) is 94.9 cm³/mol. The van der Waals surface area contributed by atoms with Crippen LogP contribution in [0.2, 0.25) is 5.15 Å². The molecule has 0 spiro atoms. The Hall–Kier alpha value is -2.22. The number of rotatable bonds is 3. The van der Waals surface area contributed by atoms with Crippen LogP contribution in [0.3, 0.4) is 0 Å². The maximum Gasteiger partial charge on any atom is 0.268 e. The van der Waals surface area contributed by atoms with E-state index in [-0.39, 0.29) is 4.90 Å². The van der Waals surface area contributed by atoms with Crippen molar-refractivity contribution in [3.8, 4) is 10.4 Å². The summed E-state index contributed by atoms with van der Waals surface area (Å²) in [6.07, 6.45) is 3.20. The van der Waals surface area contributed by atoms with Gasteiger partial charge in [-0.05, 0) is 35.9 Å². The first-order valence-electron chi connectivity index (χ1n) is 6.94. The molecule has 0 N–H and O–H groups in total. The highest BCUT2D eigenvalue weighted by Crippen LogP contribution is 2.28. The Morgan fingerprint density at radius 2 is 2.00 bits per heavy atom. The Morgan fingerprint density at radius 3 is 2.79 bits per heavy atom. The van der Waals surface area contributed by atoms with Gasteiger partial charge in [0.1, 0.15) is 5.15 Å². The molecule has 3 aromatic heterocycles. The Labute approximate surface area is 147 Å². The van der Waals surface area contributed by atoms with E-state index >= 15 is 0 Å². The van der Waals surface area contributed by atoms with E-state index < -0.39 is 10.0 Å². The molecule has 0 bridgehead atoms. The lowest BCUT2D eigenvalue weighted by atomic mass is 10.2. The smallest absolute Gasteiger partial charge is 0.252 e. The lowest BCUT2D eigenvalue weighted by Gasteiger charge is -2.08. The summed E-state index contributed by atoms with van der Waals surface area (Å²) in [5.41, 5.74) is 3.55. The number of thiazole rings is 1. The fourth-order valence-corrected chi connectivity index (χ4v) is 4.62. The number of benzene rings is 1. The summed E-state index contributed by atoms with van der Waals surface area (Å²) in [5, 5.41) is 0.324. The van der Waals surface area contributed by atoms with E-state index in [0.717, 1.165) is 10.4 Å². The van der Waals surface area contributed by atoms with Crippen LogP contribution in [0.15, 0.2) is 65.3 Å². The Balaban J connectivity index is 1.87. The summed E-state index contributed by atoms with van der Waals surface area (Å²) >= 11 is 7.32. The summed E-state index contributed by atoms with van der Waals surface area (Å²) < 4.78 is 27.2. The van der Waals surface area contributed by atoms with Gasteiger partial charge in [0.15, 0.2) is 0 Å². The molecule has 1 aromatic carbocycles. The topological polar surface area (TPSA) is 64.8 Å². The fraction of sp³-hybridized carbons (Fsp3) is 0. The van der Waals surface area contributed by atoms with Gasteiger partial charge in [-0.1, -0.05) is 23.7 Å². The van der Waals surface area contributed by atoms with Gasteiger partial charge in [0.2, 0.25) is 0 Å². The highest BCUT2D eigenvalue weighted by atomic mass is 35.5. The molecule has 0 unspecified atom stereocenters. The van der Waals surface area contributed by atoms with Crippen molar-refractivity contribution in [2.75, 3.05) is 0 Å². The first-order valence-corrected chi connectivity index (χ1v) is 9.63. The molecule has 4 rings (SSSR count). The van der Waals surface area contributed by atoms with Gasteiger partial charge in [0.05, 0.1) is 26.3 Å². The normalized spacial score (nSPS) is 11.9. The zero-order chi connectivity index (χ0) is 16.7. The van der Waals surface area contributed by atoms with E-state index in [1.165, 1.54) is 21.5 Å². The number of halogens is 1. The number of pyridine rings is 1. The van der Waals surface area contributed by atoms with Gasteiger partial charge in [0.25, 0.3) is 10.0 Å². The minimum Gasteiger partial charge on any atom is -0.252 e. The van der Waals surface area contributed by atoms with Crippen LogP contribution >= 0.6 is 22.9 Å². The number of fused-ring (bicyclic) bond motifs is 1. The molecule has 0 amide bonds. The number of hydrogen-bond acceptors (Lipinski definition) is 5. The molecule has 0 fully saturated rings. The van der Waals surface area contributed by atoms with Crippen molar-refractivity contribution < 1.29 is 8.42 Å². The molecule has 24 heavy (non-hydrogen) atoms. The van der Waals surface area contributed by atoms with Crippen LogP contribution in [-0.2, 0) is 10.0 Å². The second-order valence-electron chi connectivity index (χ2n) is 5.05. The van der Waals surface area contributed by atoms with Gasteiger partial charge >= 0.3 is 0 Å². The third-order valence-corrected chi connectivity index (χ3v) is 6.30. The second-order valence-corrected chi connectivity index (χ2v) is 8.14. The molecule has 0 aliphatic rings. The third-order valence-electron chi connectivity index (χ3n) is 3.58. The Morgan fingerprint density at radius 1 is 1.12 bits per heavy atom. The monoisotopic (exact) mass is 375 g/mol. The molecule has 0 aliphatic carbocycles. The minimum absolute atomic E-state index is 0.209. The molecule has 0 radical (unpaired) electrons. The number of hydrogen-bond donors (Lipinski definition) is 0. The molecule has 0 saturated carbocycles. The first kappa shape index (κ1) is 15.3. The maximum atomic E-state index is 13.0. The molecule has 5 nitrogen and oxygen atoms in total. The van der Waals surface area contributed by atoms with Gasteiger partial charge in [-0.2, -0.15) is 0 Å². The molecule has 0 saturated heterocycles. The van der Waals surface area contributed by atoms with Crippen molar-refractivity contribution >= 4 is 44.0 Å². The highest BCUT2D eigenvalue weighted by Gasteiger charge is 2.20. The lowest BCUT2D eigenvalue weighted by Crippen LogP contribution is -2.11. The second kappa shape index (κ2) is 5.70. The summed E-state index contributed by atoms with van der Waals surface area (Å²) in [5.74, 6) is 0. The first-order chi connectivity index (χ1) is 11.6. The summed E-state index contributed by atoms with van der Waals surface area (Å²) in [4.78, 5) is 9.29. The van der Waals surface area contributed by atoms with Crippen molar-refractivity contribution in [1.29, 1.82) is 0 Å². The van der Waals surface area contributed by atoms with Gasteiger partial charge in [-0.25, -0.2) is 17.4 Å². The summed E-state index contributed by atoms with van der Waals surface area (Å²) in [7, 11) is -3.73. The highest BCUT2D eigenvalue weighted by molar-refractivity contribution is 7.90. The minimum atomic E-state index is -3.73. The van der Waals surface area contributed by atoms with Crippen LogP contribution in [0.1, 0.15) is 0 Å². The Kier molecular flexibility index (Phi) is 3.64. The van der Waals surface area contributed by atoms with E-state index in [4.69, 9.17) is 11.6 Å². The quantitative estimate of drug-likeness (QED) is 0.507. The van der Waals surface area contributed by atoms with Crippen LogP contribution in [0, 0.1) is 0 Å². The van der Waals surface area contributed by atoms with Gasteiger partial charge in [-0.3, -0.25) is 4.98 Å². The zero-order valence-electron chi connectivity index (χ0n) is 12.1. The molecule has 120 valence electrons. The van der Waals surface area contributed by atoms with E-state index in [0.29, 0.717) is 16.2 Å². The average molecular weight is 376 g/mol. The number of aromatic nitrogens is 3. The maximum absolute atomic E-state index is 13.0. The van der Waals surface area contributed by atoms with Gasteiger partial charge in [0, 0.05) is 12.4 Å². The van der Waals surface area contributed by atoms with Gasteiger partial charge < -0.3 is 0 Å². The van der Waals surface area contributed by atoms with Crippen LogP contribution in [-0.4, -0.2) is 22.4 Å². The molecular formula is C16H10ClN3O2S2. The molecule has 3 heterocycles. The van der Waals surface area contributed by atoms with E-state index in [1.54, 1.807) is 48.1 Å². The van der Waals surface area contributed by atoms with Crippen LogP contribution in [0.5, 0.6) is 0 Å². The molecule has 4 aromatic rings. The standard InChI is InChI=1S/C16H10ClN3O2S2/c17-16-5-4-14-13(19-16)6-7-20(14)24(21,22)12-3-1-2-11(8-12)15-9-18-10-23-15/h1-10H. The van der Waals surface area contributed by atoms with Crippen LogP contribution in [0.4, 0.5) is 0 Å². The van der Waals surface area contributed by atoms with Crippen molar-refractivity contribution in [2.45, 2.75) is 4.90 Å². The average Bonchev–Trinajstić information content (AvgIpc) is 3.24. The molecule has 0 aliphatic heterocycles. The fourth-order valence-electron chi connectivity index (χ4n) is 2.46. The van der Waals surface area contributed by atoms with Crippen molar-refractivity contribution in [2.24, 2.45) is 0 Å². The van der Waals surface area contributed by atoms with Crippen LogP contribution < -0.4 is 0 Å². The summed E-state index contributed by atoms with van der Waals surface area (Å²) in [6, 6.07) is 11.7. The van der Waals surface area contributed by atoms with Crippen molar-refractivity contribution in [3.63, 3.8) is 0 Å².